The van der Waals surface area contributed by atoms with Gasteiger partial charge in [-0.25, -0.2) is 4.99 Å². The van der Waals surface area contributed by atoms with E-state index < -0.39 is 0 Å². The molecule has 0 aliphatic carbocycles. The van der Waals surface area contributed by atoms with Gasteiger partial charge in [-0.2, -0.15) is 0 Å². The Morgan fingerprint density at radius 2 is 1.86 bits per heavy atom. The Balaban J connectivity index is 2.92. The maximum Gasteiger partial charge on any atom is 0.129 e. The number of aliphatic imine (C=N–C) groups is 1. The van der Waals surface area contributed by atoms with E-state index in [1.165, 1.54) is 0 Å². The Hall–Kier alpha value is -1.84. The molecule has 0 atom stereocenters. The highest BCUT2D eigenvalue weighted by atomic mass is 16.6. The lowest BCUT2D eigenvalue weighted by molar-refractivity contribution is 0.00199. The molecule has 21 heavy (non-hydrogen) atoms. The van der Waals surface area contributed by atoms with Crippen molar-refractivity contribution in [3.8, 4) is 0 Å². The first-order chi connectivity index (χ1) is 9.73. The van der Waals surface area contributed by atoms with Gasteiger partial charge in [0.15, 0.2) is 0 Å². The molecule has 0 aliphatic rings. The maximum atomic E-state index is 5.39. The Morgan fingerprint density at radius 1 is 1.19 bits per heavy atom. The van der Waals surface area contributed by atoms with E-state index in [-0.39, 0.29) is 5.60 Å². The first-order valence-corrected chi connectivity index (χ1v) is 7.30. The van der Waals surface area contributed by atoms with Gasteiger partial charge in [-0.05, 0) is 70.4 Å². The predicted octanol–water partition coefficient (Wildman–Crippen LogP) is 4.06. The van der Waals surface area contributed by atoms with Crippen LogP contribution in [0.15, 0.2) is 22.3 Å². The molecule has 0 heterocycles. The summed E-state index contributed by atoms with van der Waals surface area (Å²) in [6, 6.07) is 4.16. The topological polar surface area (TPSA) is 37.2 Å². The standard InChI is InChI=1S/C17H27N3O/c1-8-20(7)12-18-16-10-13(2)15(9-14(16)3)11-19-21-17(4,5)6/h9-12H,8H2,1-7H3/b18-12?,19-11+. The third-order valence-corrected chi connectivity index (χ3v) is 3.00. The maximum absolute atomic E-state index is 5.39. The van der Waals surface area contributed by atoms with Crippen LogP contribution in [-0.4, -0.2) is 36.6 Å². The quantitative estimate of drug-likeness (QED) is 0.465. The molecule has 1 aromatic rings. The highest BCUT2D eigenvalue weighted by Crippen LogP contribution is 2.22. The van der Waals surface area contributed by atoms with Crippen molar-refractivity contribution < 1.29 is 4.84 Å². The van der Waals surface area contributed by atoms with E-state index in [2.05, 4.69) is 43.1 Å². The van der Waals surface area contributed by atoms with Gasteiger partial charge < -0.3 is 9.74 Å². The number of hydrogen-bond donors (Lipinski definition) is 0. The zero-order chi connectivity index (χ0) is 16.0. The zero-order valence-electron chi connectivity index (χ0n) is 14.3. The number of benzene rings is 1. The van der Waals surface area contributed by atoms with Crippen molar-refractivity contribution in [3.05, 3.63) is 28.8 Å². The van der Waals surface area contributed by atoms with Crippen LogP contribution < -0.4 is 0 Å². The molecule has 0 radical (unpaired) electrons. The van der Waals surface area contributed by atoms with Crippen molar-refractivity contribution in [2.24, 2.45) is 10.1 Å². The third kappa shape index (κ3) is 5.98. The third-order valence-electron chi connectivity index (χ3n) is 3.00. The fraction of sp³-hybridized carbons (Fsp3) is 0.529. The molecule has 0 spiro atoms. The first kappa shape index (κ1) is 17.2. The largest absolute Gasteiger partial charge is 0.390 e. The minimum atomic E-state index is -0.269. The summed E-state index contributed by atoms with van der Waals surface area (Å²) in [5.74, 6) is 0. The summed E-state index contributed by atoms with van der Waals surface area (Å²) in [7, 11) is 2.01. The molecule has 1 aromatic carbocycles. The number of rotatable bonds is 5. The molecule has 0 saturated carbocycles. The summed E-state index contributed by atoms with van der Waals surface area (Å²) < 4.78 is 0. The van der Waals surface area contributed by atoms with Crippen LogP contribution >= 0.6 is 0 Å². The van der Waals surface area contributed by atoms with Crippen LogP contribution in [0.3, 0.4) is 0 Å². The van der Waals surface area contributed by atoms with Crippen LogP contribution in [-0.2, 0) is 4.84 Å². The highest BCUT2D eigenvalue weighted by Gasteiger charge is 2.09. The smallest absolute Gasteiger partial charge is 0.129 e. The Bertz CT molecular complexity index is 528. The summed E-state index contributed by atoms with van der Waals surface area (Å²) in [6.07, 6.45) is 3.62. The normalized spacial score (nSPS) is 12.3. The van der Waals surface area contributed by atoms with Gasteiger partial charge in [0.1, 0.15) is 5.60 Å². The summed E-state index contributed by atoms with van der Waals surface area (Å²) in [4.78, 5) is 12.0. The van der Waals surface area contributed by atoms with E-state index in [0.29, 0.717) is 0 Å². The lowest BCUT2D eigenvalue weighted by atomic mass is 10.0. The fourth-order valence-corrected chi connectivity index (χ4v) is 1.59. The van der Waals surface area contributed by atoms with E-state index in [9.17, 15) is 0 Å². The molecule has 0 N–H and O–H groups in total. The van der Waals surface area contributed by atoms with Crippen molar-refractivity contribution in [3.63, 3.8) is 0 Å². The molecule has 116 valence electrons. The minimum Gasteiger partial charge on any atom is -0.390 e. The summed E-state index contributed by atoms with van der Waals surface area (Å²) >= 11 is 0. The molecule has 0 fully saturated rings. The minimum absolute atomic E-state index is 0.269. The van der Waals surface area contributed by atoms with Gasteiger partial charge in [-0.1, -0.05) is 5.16 Å². The monoisotopic (exact) mass is 289 g/mol. The van der Waals surface area contributed by atoms with Crippen LogP contribution in [0.5, 0.6) is 0 Å². The van der Waals surface area contributed by atoms with Crippen molar-refractivity contribution in [1.29, 1.82) is 0 Å². The first-order valence-electron chi connectivity index (χ1n) is 7.30. The van der Waals surface area contributed by atoms with E-state index in [1.807, 2.05) is 39.1 Å². The second-order valence-corrected chi connectivity index (χ2v) is 6.25. The molecular formula is C17H27N3O. The van der Waals surface area contributed by atoms with E-state index in [1.54, 1.807) is 6.21 Å². The van der Waals surface area contributed by atoms with Crippen molar-refractivity contribution >= 4 is 18.2 Å². The van der Waals surface area contributed by atoms with Crippen LogP contribution in [0.1, 0.15) is 44.4 Å². The summed E-state index contributed by atoms with van der Waals surface area (Å²) in [5, 5.41) is 4.06. The van der Waals surface area contributed by atoms with Gasteiger partial charge in [0.2, 0.25) is 0 Å². The molecule has 0 amide bonds. The van der Waals surface area contributed by atoms with Crippen LogP contribution in [0.25, 0.3) is 0 Å². The Labute approximate surface area is 128 Å². The summed E-state index contributed by atoms with van der Waals surface area (Å²) in [5.41, 5.74) is 4.03. The Kier molecular flexibility index (Phi) is 5.94. The van der Waals surface area contributed by atoms with Gasteiger partial charge in [0, 0.05) is 13.6 Å². The van der Waals surface area contributed by atoms with Gasteiger partial charge in [-0.3, -0.25) is 0 Å². The lowest BCUT2D eigenvalue weighted by Gasteiger charge is -2.15. The molecular weight excluding hydrogens is 262 g/mol. The van der Waals surface area contributed by atoms with Gasteiger partial charge >= 0.3 is 0 Å². The van der Waals surface area contributed by atoms with Gasteiger partial charge in [0.25, 0.3) is 0 Å². The number of hydrogen-bond acceptors (Lipinski definition) is 3. The number of oxime groups is 1. The van der Waals surface area contributed by atoms with Crippen molar-refractivity contribution in [2.75, 3.05) is 13.6 Å². The van der Waals surface area contributed by atoms with E-state index in [4.69, 9.17) is 4.84 Å². The highest BCUT2D eigenvalue weighted by molar-refractivity contribution is 5.83. The van der Waals surface area contributed by atoms with Gasteiger partial charge in [0.05, 0.1) is 18.2 Å². The lowest BCUT2D eigenvalue weighted by Crippen LogP contribution is -2.15. The Morgan fingerprint density at radius 3 is 2.43 bits per heavy atom. The molecule has 0 aromatic heterocycles. The molecule has 1 rings (SSSR count). The van der Waals surface area contributed by atoms with Crippen LogP contribution in [0.4, 0.5) is 5.69 Å². The average molecular weight is 289 g/mol. The molecule has 4 heteroatoms. The molecule has 4 nitrogen and oxygen atoms in total. The second kappa shape index (κ2) is 7.25. The predicted molar refractivity (Wildman–Crippen MR) is 90.8 cm³/mol. The van der Waals surface area contributed by atoms with Crippen molar-refractivity contribution in [1.82, 2.24) is 4.90 Å². The molecule has 0 unspecified atom stereocenters. The SMILES string of the molecule is CCN(C)C=Nc1cc(C)c(/C=N/OC(C)(C)C)cc1C. The van der Waals surface area contributed by atoms with Gasteiger partial charge in [-0.15, -0.1) is 0 Å². The van der Waals surface area contributed by atoms with Crippen molar-refractivity contribution in [2.45, 2.75) is 47.1 Å². The average Bonchev–Trinajstić information content (AvgIpc) is 2.38. The number of nitrogens with zero attached hydrogens (tertiary/aromatic N) is 3. The zero-order valence-corrected chi connectivity index (χ0v) is 14.3. The molecule has 0 saturated heterocycles. The van der Waals surface area contributed by atoms with Crippen LogP contribution in [0, 0.1) is 13.8 Å². The summed E-state index contributed by atoms with van der Waals surface area (Å²) in [6.45, 7) is 13.1. The second-order valence-electron chi connectivity index (χ2n) is 6.25. The molecule has 0 aliphatic heterocycles. The van der Waals surface area contributed by atoms with Crippen LogP contribution in [0.2, 0.25) is 0 Å². The van der Waals surface area contributed by atoms with E-state index >= 15 is 0 Å². The van der Waals surface area contributed by atoms with E-state index in [0.717, 1.165) is 28.9 Å². The fourth-order valence-electron chi connectivity index (χ4n) is 1.59. The number of aryl methyl sites for hydroxylation is 2. The molecule has 0 bridgehead atoms.